The molecule has 0 fully saturated rings. The Balaban J connectivity index is 2.59. The van der Waals surface area contributed by atoms with E-state index in [0.717, 1.165) is 18.8 Å². The molecule has 82 valence electrons. The lowest BCUT2D eigenvalue weighted by molar-refractivity contribution is 0.151. The number of nitrogens with one attached hydrogen (secondary N) is 1. The minimum absolute atomic E-state index is 0.156. The van der Waals surface area contributed by atoms with E-state index in [4.69, 9.17) is 0 Å². The standard InChI is InChI=1S/C11H22N2O/c1-9(2)11(3,8-14)13-10-6-4-5-7-12-10/h9,14H,4-8H2,1-3H3,(H,12,13). The maximum Gasteiger partial charge on any atom is 0.0968 e. The van der Waals surface area contributed by atoms with Gasteiger partial charge in [-0.3, -0.25) is 4.99 Å². The Morgan fingerprint density at radius 3 is 2.64 bits per heavy atom. The first-order valence-electron chi connectivity index (χ1n) is 5.51. The predicted octanol–water partition coefficient (Wildman–Crippen LogP) is 1.57. The summed E-state index contributed by atoms with van der Waals surface area (Å²) in [5.74, 6) is 1.47. The first-order chi connectivity index (χ1) is 6.58. The van der Waals surface area contributed by atoms with Gasteiger partial charge in [-0.25, -0.2) is 0 Å². The molecule has 0 aliphatic carbocycles. The lowest BCUT2D eigenvalue weighted by atomic mass is 9.89. The Bertz CT molecular complexity index is 213. The number of aliphatic hydroxyl groups excluding tert-OH is 1. The summed E-state index contributed by atoms with van der Waals surface area (Å²) in [6.07, 6.45) is 3.44. The maximum atomic E-state index is 9.37. The molecule has 0 aromatic rings. The number of nitrogens with zero attached hydrogens (tertiary/aromatic N) is 1. The third kappa shape index (κ3) is 2.71. The molecule has 1 aliphatic rings. The Morgan fingerprint density at radius 2 is 2.21 bits per heavy atom. The van der Waals surface area contributed by atoms with Gasteiger partial charge < -0.3 is 10.4 Å². The highest BCUT2D eigenvalue weighted by Crippen LogP contribution is 2.17. The summed E-state index contributed by atoms with van der Waals surface area (Å²) >= 11 is 0. The van der Waals surface area contributed by atoms with Crippen LogP contribution in [-0.2, 0) is 0 Å². The lowest BCUT2D eigenvalue weighted by Gasteiger charge is -2.35. The van der Waals surface area contributed by atoms with E-state index in [9.17, 15) is 5.11 Å². The number of hydrogen-bond donors (Lipinski definition) is 2. The topological polar surface area (TPSA) is 44.6 Å². The Labute approximate surface area is 86.6 Å². The van der Waals surface area contributed by atoms with Crippen molar-refractivity contribution in [2.45, 2.75) is 45.6 Å². The van der Waals surface area contributed by atoms with Gasteiger partial charge in [-0.2, -0.15) is 0 Å². The molecule has 3 nitrogen and oxygen atoms in total. The van der Waals surface area contributed by atoms with E-state index in [1.54, 1.807) is 0 Å². The summed E-state index contributed by atoms with van der Waals surface area (Å²) in [7, 11) is 0. The van der Waals surface area contributed by atoms with E-state index in [0.29, 0.717) is 5.92 Å². The Kier molecular flexibility index (Phi) is 3.93. The molecular weight excluding hydrogens is 176 g/mol. The van der Waals surface area contributed by atoms with Gasteiger partial charge in [0.25, 0.3) is 0 Å². The van der Waals surface area contributed by atoms with Crippen LogP contribution in [0.4, 0.5) is 0 Å². The van der Waals surface area contributed by atoms with Crippen LogP contribution in [0.1, 0.15) is 40.0 Å². The summed E-state index contributed by atoms with van der Waals surface area (Å²) < 4.78 is 0. The van der Waals surface area contributed by atoms with Crippen molar-refractivity contribution in [3.8, 4) is 0 Å². The first kappa shape index (κ1) is 11.5. The average Bonchev–Trinajstić information content (AvgIpc) is 2.19. The monoisotopic (exact) mass is 198 g/mol. The Morgan fingerprint density at radius 1 is 1.50 bits per heavy atom. The molecule has 14 heavy (non-hydrogen) atoms. The third-order valence-corrected chi connectivity index (χ3v) is 3.16. The van der Waals surface area contributed by atoms with Gasteiger partial charge in [0.05, 0.1) is 18.0 Å². The SMILES string of the molecule is CC(C)C(C)(CO)NC1=NCCCC1. The van der Waals surface area contributed by atoms with Gasteiger partial charge in [0.1, 0.15) is 0 Å². The van der Waals surface area contributed by atoms with Gasteiger partial charge in [0.15, 0.2) is 0 Å². The van der Waals surface area contributed by atoms with Crippen molar-refractivity contribution in [1.29, 1.82) is 0 Å². The van der Waals surface area contributed by atoms with Crippen molar-refractivity contribution in [3.63, 3.8) is 0 Å². The number of amidine groups is 1. The van der Waals surface area contributed by atoms with E-state index >= 15 is 0 Å². The summed E-state index contributed by atoms with van der Waals surface area (Å²) in [5, 5.41) is 12.8. The summed E-state index contributed by atoms with van der Waals surface area (Å²) in [6, 6.07) is 0. The quantitative estimate of drug-likeness (QED) is 0.723. The van der Waals surface area contributed by atoms with Crippen molar-refractivity contribution >= 4 is 5.84 Å². The van der Waals surface area contributed by atoms with Gasteiger partial charge in [-0.05, 0) is 25.7 Å². The highest BCUT2D eigenvalue weighted by molar-refractivity contribution is 5.83. The zero-order valence-electron chi connectivity index (χ0n) is 9.51. The van der Waals surface area contributed by atoms with Crippen LogP contribution in [0.2, 0.25) is 0 Å². The van der Waals surface area contributed by atoms with Crippen molar-refractivity contribution in [2.24, 2.45) is 10.9 Å². The second-order valence-electron chi connectivity index (χ2n) is 4.64. The van der Waals surface area contributed by atoms with Crippen LogP contribution >= 0.6 is 0 Å². The minimum Gasteiger partial charge on any atom is -0.394 e. The average molecular weight is 198 g/mol. The van der Waals surface area contributed by atoms with Crippen LogP contribution < -0.4 is 5.32 Å². The molecule has 0 saturated carbocycles. The molecule has 0 bridgehead atoms. The largest absolute Gasteiger partial charge is 0.394 e. The lowest BCUT2D eigenvalue weighted by Crippen LogP contribution is -2.53. The fraction of sp³-hybridized carbons (Fsp3) is 0.909. The van der Waals surface area contributed by atoms with Gasteiger partial charge in [0.2, 0.25) is 0 Å². The molecule has 0 radical (unpaired) electrons. The molecule has 1 heterocycles. The second kappa shape index (κ2) is 4.78. The van der Waals surface area contributed by atoms with E-state index in [1.165, 1.54) is 12.8 Å². The second-order valence-corrected chi connectivity index (χ2v) is 4.64. The van der Waals surface area contributed by atoms with Gasteiger partial charge in [-0.1, -0.05) is 13.8 Å². The molecule has 0 amide bonds. The molecule has 2 N–H and O–H groups in total. The van der Waals surface area contributed by atoms with Crippen molar-refractivity contribution < 1.29 is 5.11 Å². The molecule has 0 saturated heterocycles. The number of aliphatic imine (C=N–C) groups is 1. The fourth-order valence-electron chi connectivity index (χ4n) is 1.50. The zero-order valence-corrected chi connectivity index (χ0v) is 9.51. The molecule has 0 spiro atoms. The number of rotatable bonds is 3. The van der Waals surface area contributed by atoms with Crippen LogP contribution in [0, 0.1) is 5.92 Å². The van der Waals surface area contributed by atoms with Crippen LogP contribution in [0.5, 0.6) is 0 Å². The van der Waals surface area contributed by atoms with Crippen molar-refractivity contribution in [1.82, 2.24) is 5.32 Å². The van der Waals surface area contributed by atoms with E-state index in [-0.39, 0.29) is 12.1 Å². The highest BCUT2D eigenvalue weighted by Gasteiger charge is 2.28. The molecule has 0 aromatic heterocycles. The Hall–Kier alpha value is -0.570. The van der Waals surface area contributed by atoms with E-state index in [2.05, 4.69) is 31.1 Å². The number of aliphatic hydroxyl groups is 1. The van der Waals surface area contributed by atoms with Crippen LogP contribution in [-0.4, -0.2) is 29.6 Å². The normalized spacial score (nSPS) is 21.6. The van der Waals surface area contributed by atoms with E-state index in [1.807, 2.05) is 0 Å². The third-order valence-electron chi connectivity index (χ3n) is 3.16. The van der Waals surface area contributed by atoms with E-state index < -0.39 is 0 Å². The van der Waals surface area contributed by atoms with Crippen LogP contribution in [0.25, 0.3) is 0 Å². The molecule has 1 rings (SSSR count). The van der Waals surface area contributed by atoms with Crippen molar-refractivity contribution in [3.05, 3.63) is 0 Å². The summed E-state index contributed by atoms with van der Waals surface area (Å²) in [6.45, 7) is 7.37. The molecule has 0 aromatic carbocycles. The number of hydrogen-bond acceptors (Lipinski definition) is 3. The summed E-state index contributed by atoms with van der Waals surface area (Å²) in [5.41, 5.74) is -0.226. The smallest absolute Gasteiger partial charge is 0.0968 e. The fourth-order valence-corrected chi connectivity index (χ4v) is 1.50. The predicted molar refractivity (Wildman–Crippen MR) is 59.6 cm³/mol. The maximum absolute atomic E-state index is 9.37. The zero-order chi connectivity index (χ0) is 10.6. The highest BCUT2D eigenvalue weighted by atomic mass is 16.3. The molecule has 1 unspecified atom stereocenters. The van der Waals surface area contributed by atoms with Crippen molar-refractivity contribution in [2.75, 3.05) is 13.2 Å². The van der Waals surface area contributed by atoms with Gasteiger partial charge in [0, 0.05) is 13.0 Å². The molecule has 3 heteroatoms. The molecule has 1 atom stereocenters. The van der Waals surface area contributed by atoms with Crippen LogP contribution in [0.3, 0.4) is 0 Å². The molecule has 1 aliphatic heterocycles. The van der Waals surface area contributed by atoms with Crippen LogP contribution in [0.15, 0.2) is 4.99 Å². The molecular formula is C11H22N2O. The first-order valence-corrected chi connectivity index (χ1v) is 5.51. The van der Waals surface area contributed by atoms with Gasteiger partial charge in [-0.15, -0.1) is 0 Å². The summed E-state index contributed by atoms with van der Waals surface area (Å²) in [4.78, 5) is 4.44. The van der Waals surface area contributed by atoms with Gasteiger partial charge >= 0.3 is 0 Å². The minimum atomic E-state index is -0.226.